The molecule has 0 spiro atoms. The van der Waals surface area contributed by atoms with Gasteiger partial charge in [-0.1, -0.05) is 48.0 Å². The number of aromatic nitrogens is 3. The van der Waals surface area contributed by atoms with E-state index in [9.17, 15) is 0 Å². The minimum absolute atomic E-state index is 0.652. The van der Waals surface area contributed by atoms with Gasteiger partial charge in [-0.05, 0) is 42.5 Å². The minimum atomic E-state index is 0.652. The van der Waals surface area contributed by atoms with E-state index in [4.69, 9.17) is 21.6 Å². The second-order valence-electron chi connectivity index (χ2n) is 5.55. The standard InChI is InChI=1S/C21H14ClN3/c22-17-11-9-16(10-12-17)21-24-19(15-6-2-1-3-7-15)14-20(25-21)18-8-4-5-13-23-18/h1-14H. The van der Waals surface area contributed by atoms with Crippen LogP contribution in [0.2, 0.25) is 5.02 Å². The normalized spacial score (nSPS) is 10.6. The van der Waals surface area contributed by atoms with Gasteiger partial charge >= 0.3 is 0 Å². The Labute approximate surface area is 151 Å². The Hall–Kier alpha value is -3.04. The van der Waals surface area contributed by atoms with Gasteiger partial charge in [-0.25, -0.2) is 9.97 Å². The lowest BCUT2D eigenvalue weighted by atomic mass is 10.1. The van der Waals surface area contributed by atoms with E-state index >= 15 is 0 Å². The van der Waals surface area contributed by atoms with Gasteiger partial charge in [0.2, 0.25) is 0 Å². The fourth-order valence-corrected chi connectivity index (χ4v) is 2.70. The quantitative estimate of drug-likeness (QED) is 0.491. The van der Waals surface area contributed by atoms with Crippen molar-refractivity contribution < 1.29 is 0 Å². The Morgan fingerprint density at radius 1 is 0.600 bits per heavy atom. The summed E-state index contributed by atoms with van der Waals surface area (Å²) in [4.78, 5) is 13.9. The molecule has 25 heavy (non-hydrogen) atoms. The summed E-state index contributed by atoms with van der Waals surface area (Å²) in [5, 5.41) is 0.688. The fraction of sp³-hybridized carbons (Fsp3) is 0. The van der Waals surface area contributed by atoms with Crippen molar-refractivity contribution in [1.29, 1.82) is 0 Å². The Bertz CT molecular complexity index is 927. The molecule has 2 heterocycles. The molecule has 0 aliphatic carbocycles. The van der Waals surface area contributed by atoms with E-state index in [1.807, 2.05) is 78.9 Å². The maximum atomic E-state index is 6.00. The highest BCUT2D eigenvalue weighted by Crippen LogP contribution is 2.27. The highest BCUT2D eigenvalue weighted by atomic mass is 35.5. The summed E-state index contributed by atoms with van der Waals surface area (Å²) >= 11 is 6.00. The zero-order valence-electron chi connectivity index (χ0n) is 13.3. The predicted molar refractivity (Wildman–Crippen MR) is 101 cm³/mol. The third kappa shape index (κ3) is 3.42. The van der Waals surface area contributed by atoms with E-state index in [0.717, 1.165) is 28.2 Å². The Morgan fingerprint density at radius 2 is 1.32 bits per heavy atom. The zero-order valence-corrected chi connectivity index (χ0v) is 14.1. The fourth-order valence-electron chi connectivity index (χ4n) is 2.58. The molecule has 120 valence electrons. The first-order chi connectivity index (χ1) is 12.3. The van der Waals surface area contributed by atoms with Gasteiger partial charge in [0, 0.05) is 22.3 Å². The number of hydrogen-bond donors (Lipinski definition) is 0. The average molecular weight is 344 g/mol. The summed E-state index contributed by atoms with van der Waals surface area (Å²) in [6, 6.07) is 25.4. The van der Waals surface area contributed by atoms with Crippen LogP contribution in [0, 0.1) is 0 Å². The SMILES string of the molecule is Clc1ccc(-c2nc(-c3ccccc3)cc(-c3ccccn3)n2)cc1. The van der Waals surface area contributed by atoms with Gasteiger partial charge < -0.3 is 0 Å². The van der Waals surface area contributed by atoms with E-state index in [0.29, 0.717) is 10.8 Å². The summed E-state index contributed by atoms with van der Waals surface area (Å²) in [6.45, 7) is 0. The van der Waals surface area contributed by atoms with Crippen LogP contribution in [0.1, 0.15) is 0 Å². The molecule has 4 aromatic rings. The Morgan fingerprint density at radius 3 is 2.04 bits per heavy atom. The van der Waals surface area contributed by atoms with Crippen LogP contribution in [0.3, 0.4) is 0 Å². The molecular weight excluding hydrogens is 330 g/mol. The number of pyridine rings is 1. The van der Waals surface area contributed by atoms with E-state index in [-0.39, 0.29) is 0 Å². The van der Waals surface area contributed by atoms with Crippen molar-refractivity contribution in [2.45, 2.75) is 0 Å². The smallest absolute Gasteiger partial charge is 0.160 e. The van der Waals surface area contributed by atoms with Crippen molar-refractivity contribution in [2.75, 3.05) is 0 Å². The molecule has 3 nitrogen and oxygen atoms in total. The van der Waals surface area contributed by atoms with Crippen molar-refractivity contribution in [3.8, 4) is 34.0 Å². The lowest BCUT2D eigenvalue weighted by Crippen LogP contribution is -1.96. The lowest BCUT2D eigenvalue weighted by Gasteiger charge is -2.08. The zero-order chi connectivity index (χ0) is 17.1. The average Bonchev–Trinajstić information content (AvgIpc) is 2.69. The molecular formula is C21H14ClN3. The monoisotopic (exact) mass is 343 g/mol. The van der Waals surface area contributed by atoms with Crippen LogP contribution in [-0.2, 0) is 0 Å². The van der Waals surface area contributed by atoms with Crippen molar-refractivity contribution in [3.05, 3.63) is 90.1 Å². The van der Waals surface area contributed by atoms with E-state index in [1.165, 1.54) is 0 Å². The maximum absolute atomic E-state index is 6.00. The molecule has 2 aromatic heterocycles. The molecule has 4 rings (SSSR count). The van der Waals surface area contributed by atoms with E-state index in [2.05, 4.69) is 4.98 Å². The lowest BCUT2D eigenvalue weighted by molar-refractivity contribution is 1.16. The number of nitrogens with zero attached hydrogens (tertiary/aromatic N) is 3. The Kier molecular flexibility index (Phi) is 4.23. The van der Waals surface area contributed by atoms with Crippen molar-refractivity contribution >= 4 is 11.6 Å². The Balaban J connectivity index is 1.90. The summed E-state index contributed by atoms with van der Waals surface area (Å²) < 4.78 is 0. The number of halogens is 1. The third-order valence-electron chi connectivity index (χ3n) is 3.83. The van der Waals surface area contributed by atoms with Gasteiger partial charge in [-0.3, -0.25) is 4.98 Å². The van der Waals surface area contributed by atoms with Gasteiger partial charge in [0.05, 0.1) is 17.1 Å². The first kappa shape index (κ1) is 15.5. The van der Waals surface area contributed by atoms with E-state index < -0.39 is 0 Å². The van der Waals surface area contributed by atoms with Gasteiger partial charge in [0.25, 0.3) is 0 Å². The van der Waals surface area contributed by atoms with E-state index in [1.54, 1.807) is 6.20 Å². The molecule has 0 saturated heterocycles. The molecule has 0 aliphatic rings. The molecule has 0 atom stereocenters. The van der Waals surface area contributed by atoms with Crippen molar-refractivity contribution in [1.82, 2.24) is 15.0 Å². The van der Waals surface area contributed by atoms with Crippen molar-refractivity contribution in [2.24, 2.45) is 0 Å². The van der Waals surface area contributed by atoms with Gasteiger partial charge in [-0.15, -0.1) is 0 Å². The second kappa shape index (κ2) is 6.83. The largest absolute Gasteiger partial charge is 0.255 e. The molecule has 2 aromatic carbocycles. The number of hydrogen-bond acceptors (Lipinski definition) is 3. The van der Waals surface area contributed by atoms with Gasteiger partial charge in [0.15, 0.2) is 5.82 Å². The third-order valence-corrected chi connectivity index (χ3v) is 4.08. The van der Waals surface area contributed by atoms with Crippen molar-refractivity contribution in [3.63, 3.8) is 0 Å². The van der Waals surface area contributed by atoms with Crippen LogP contribution in [0.25, 0.3) is 34.0 Å². The van der Waals surface area contributed by atoms with Crippen LogP contribution in [0.5, 0.6) is 0 Å². The summed E-state index contributed by atoms with van der Waals surface area (Å²) in [7, 11) is 0. The summed E-state index contributed by atoms with van der Waals surface area (Å²) in [5.41, 5.74) is 4.43. The van der Waals surface area contributed by atoms with Gasteiger partial charge in [0.1, 0.15) is 0 Å². The van der Waals surface area contributed by atoms with Gasteiger partial charge in [-0.2, -0.15) is 0 Å². The van der Waals surface area contributed by atoms with Crippen LogP contribution in [-0.4, -0.2) is 15.0 Å². The molecule has 0 radical (unpaired) electrons. The van der Waals surface area contributed by atoms with Crippen LogP contribution in [0.15, 0.2) is 85.1 Å². The molecule has 0 fully saturated rings. The predicted octanol–water partition coefficient (Wildman–Crippen LogP) is 5.53. The molecule has 4 heteroatoms. The molecule has 0 bridgehead atoms. The second-order valence-corrected chi connectivity index (χ2v) is 5.99. The molecule has 0 unspecified atom stereocenters. The summed E-state index contributed by atoms with van der Waals surface area (Å²) in [6.07, 6.45) is 1.77. The molecule has 0 aliphatic heterocycles. The first-order valence-electron chi connectivity index (χ1n) is 7.91. The highest BCUT2D eigenvalue weighted by molar-refractivity contribution is 6.30. The molecule has 0 N–H and O–H groups in total. The van der Waals surface area contributed by atoms with Crippen LogP contribution < -0.4 is 0 Å². The molecule has 0 amide bonds. The maximum Gasteiger partial charge on any atom is 0.160 e. The van der Waals surface area contributed by atoms with Crippen LogP contribution >= 0.6 is 11.6 Å². The first-order valence-corrected chi connectivity index (χ1v) is 8.29. The van der Waals surface area contributed by atoms with Crippen LogP contribution in [0.4, 0.5) is 0 Å². The summed E-state index contributed by atoms with van der Waals surface area (Å²) in [5.74, 6) is 0.652. The topological polar surface area (TPSA) is 38.7 Å². The highest BCUT2D eigenvalue weighted by Gasteiger charge is 2.10. The molecule has 0 saturated carbocycles. The number of rotatable bonds is 3. The number of benzene rings is 2. The minimum Gasteiger partial charge on any atom is -0.255 e.